The first-order valence-corrected chi connectivity index (χ1v) is 10.2. The van der Waals surface area contributed by atoms with E-state index in [0.717, 1.165) is 36.1 Å². The van der Waals surface area contributed by atoms with Crippen molar-refractivity contribution in [3.8, 4) is 5.75 Å². The predicted molar refractivity (Wildman–Crippen MR) is 111 cm³/mol. The highest BCUT2D eigenvalue weighted by Gasteiger charge is 2.34. The molecule has 2 aliphatic rings. The van der Waals surface area contributed by atoms with Crippen molar-refractivity contribution in [2.75, 3.05) is 32.9 Å². The van der Waals surface area contributed by atoms with Gasteiger partial charge in [-0.25, -0.2) is 4.39 Å². The Morgan fingerprint density at radius 1 is 1.11 bits per heavy atom. The minimum Gasteiger partial charge on any atom is -0.487 e. The lowest BCUT2D eigenvalue weighted by molar-refractivity contribution is 0.0500. The Bertz CT molecular complexity index is 894. The average Bonchev–Trinajstić information content (AvgIpc) is 2.68. The molecule has 0 bridgehead atoms. The van der Waals surface area contributed by atoms with Gasteiger partial charge in [0.2, 0.25) is 0 Å². The van der Waals surface area contributed by atoms with Crippen LogP contribution in [0, 0.1) is 5.82 Å². The minimum absolute atomic E-state index is 0.124. The molecule has 0 aromatic heterocycles. The molecule has 28 heavy (non-hydrogen) atoms. The van der Waals surface area contributed by atoms with Crippen molar-refractivity contribution < 1.29 is 13.9 Å². The van der Waals surface area contributed by atoms with Crippen LogP contribution in [0.5, 0.6) is 5.75 Å². The fourth-order valence-corrected chi connectivity index (χ4v) is 4.54. The van der Waals surface area contributed by atoms with Crippen molar-refractivity contribution in [1.29, 1.82) is 0 Å². The Morgan fingerprint density at radius 3 is 2.71 bits per heavy atom. The number of hydrogen-bond acceptors (Lipinski definition) is 3. The van der Waals surface area contributed by atoms with E-state index in [2.05, 4.69) is 11.4 Å². The summed E-state index contributed by atoms with van der Waals surface area (Å²) in [5.74, 6) is 0.479. The molecular formula is C22H22Cl2FNO2. The van der Waals surface area contributed by atoms with Gasteiger partial charge >= 0.3 is 0 Å². The molecule has 0 spiro atoms. The van der Waals surface area contributed by atoms with Crippen molar-refractivity contribution in [2.24, 2.45) is 0 Å². The molecule has 0 atom stereocenters. The lowest BCUT2D eigenvalue weighted by atomic mass is 9.74. The Labute approximate surface area is 174 Å². The molecule has 2 aromatic carbocycles. The number of fused-ring (bicyclic) bond motifs is 1. The Morgan fingerprint density at radius 2 is 1.93 bits per heavy atom. The zero-order valence-electron chi connectivity index (χ0n) is 15.4. The van der Waals surface area contributed by atoms with Gasteiger partial charge in [-0.05, 0) is 54.3 Å². The van der Waals surface area contributed by atoms with Gasteiger partial charge in [-0.15, -0.1) is 0 Å². The lowest BCUT2D eigenvalue weighted by Crippen LogP contribution is -2.43. The number of benzene rings is 2. The fourth-order valence-electron chi connectivity index (χ4n) is 3.98. The first-order chi connectivity index (χ1) is 13.6. The number of hydrogen-bond donors (Lipinski definition) is 1. The fraction of sp³-hybridized carbons (Fsp3) is 0.364. The number of rotatable bonds is 5. The van der Waals surface area contributed by atoms with Crippen LogP contribution in [0.15, 0.2) is 42.0 Å². The maximum Gasteiger partial charge on any atom is 0.145 e. The molecule has 0 radical (unpaired) electrons. The summed E-state index contributed by atoms with van der Waals surface area (Å²) in [7, 11) is 0. The second-order valence-electron chi connectivity index (χ2n) is 7.40. The van der Waals surface area contributed by atoms with Crippen LogP contribution in [0.2, 0.25) is 10.0 Å². The van der Waals surface area contributed by atoms with E-state index in [1.54, 1.807) is 18.2 Å². The van der Waals surface area contributed by atoms with Crippen molar-refractivity contribution in [3.63, 3.8) is 0 Å². The van der Waals surface area contributed by atoms with E-state index < -0.39 is 0 Å². The number of nitrogens with one attached hydrogen (secondary N) is 1. The molecule has 2 heterocycles. The third-order valence-corrected chi connectivity index (χ3v) is 6.00. The monoisotopic (exact) mass is 421 g/mol. The Kier molecular flexibility index (Phi) is 5.93. The topological polar surface area (TPSA) is 30.5 Å². The predicted octanol–water partition coefficient (Wildman–Crippen LogP) is 5.25. The molecular weight excluding hydrogens is 400 g/mol. The highest BCUT2D eigenvalue weighted by atomic mass is 35.5. The van der Waals surface area contributed by atoms with Gasteiger partial charge in [0.1, 0.15) is 18.2 Å². The van der Waals surface area contributed by atoms with Gasteiger partial charge in [0.15, 0.2) is 0 Å². The number of halogens is 3. The van der Waals surface area contributed by atoms with E-state index in [9.17, 15) is 4.39 Å². The normalized spacial score (nSPS) is 18.2. The van der Waals surface area contributed by atoms with Gasteiger partial charge in [0.05, 0.1) is 5.02 Å². The van der Waals surface area contributed by atoms with Crippen molar-refractivity contribution in [3.05, 3.63) is 69.0 Å². The Hall–Kier alpha value is -1.59. The van der Waals surface area contributed by atoms with E-state index in [1.807, 2.05) is 12.1 Å². The summed E-state index contributed by atoms with van der Waals surface area (Å²) in [5.41, 5.74) is 2.92. The summed E-state index contributed by atoms with van der Waals surface area (Å²) in [4.78, 5) is 0. The van der Waals surface area contributed by atoms with Crippen molar-refractivity contribution in [1.82, 2.24) is 5.32 Å². The standard InChI is InChI=1S/C22H22Cl2FNO2/c23-18-9-16-8-15(13-28-21(16)20(24)11-18)12-26-14-22(4-6-27-7-5-22)17-2-1-3-19(25)10-17/h1-3,8-11,26H,4-7,12-14H2. The average molecular weight is 422 g/mol. The zero-order valence-corrected chi connectivity index (χ0v) is 17.0. The quantitative estimate of drug-likeness (QED) is 0.715. The molecule has 2 aromatic rings. The van der Waals surface area contributed by atoms with Crippen LogP contribution < -0.4 is 10.1 Å². The van der Waals surface area contributed by atoms with Gasteiger partial charge in [-0.1, -0.05) is 35.3 Å². The molecule has 1 N–H and O–H groups in total. The molecule has 1 saturated heterocycles. The van der Waals surface area contributed by atoms with Gasteiger partial charge in [-0.2, -0.15) is 0 Å². The summed E-state index contributed by atoms with van der Waals surface area (Å²) in [6, 6.07) is 10.5. The molecule has 0 unspecified atom stereocenters. The summed E-state index contributed by atoms with van der Waals surface area (Å²) in [6.07, 6.45) is 3.81. The zero-order chi connectivity index (χ0) is 19.6. The lowest BCUT2D eigenvalue weighted by Gasteiger charge is -2.38. The van der Waals surface area contributed by atoms with Crippen LogP contribution in [0.1, 0.15) is 24.0 Å². The Balaban J connectivity index is 1.47. The smallest absolute Gasteiger partial charge is 0.145 e. The molecule has 6 heteroatoms. The summed E-state index contributed by atoms with van der Waals surface area (Å²) < 4.78 is 25.2. The molecule has 148 valence electrons. The van der Waals surface area contributed by atoms with E-state index in [1.165, 1.54) is 6.07 Å². The number of ether oxygens (including phenoxy) is 2. The van der Waals surface area contributed by atoms with E-state index >= 15 is 0 Å². The van der Waals surface area contributed by atoms with Gasteiger partial charge in [0.25, 0.3) is 0 Å². The highest BCUT2D eigenvalue weighted by molar-refractivity contribution is 6.36. The van der Waals surface area contributed by atoms with E-state index in [-0.39, 0.29) is 11.2 Å². The summed E-state index contributed by atoms with van der Waals surface area (Å²) in [5, 5.41) is 4.67. The van der Waals surface area contributed by atoms with Crippen LogP contribution in [-0.2, 0) is 10.2 Å². The maximum atomic E-state index is 13.8. The molecule has 4 rings (SSSR count). The summed E-state index contributed by atoms with van der Waals surface area (Å²) in [6.45, 7) is 3.29. The molecule has 0 aliphatic carbocycles. The minimum atomic E-state index is -0.197. The molecule has 2 aliphatic heterocycles. The van der Waals surface area contributed by atoms with Crippen LogP contribution in [0.25, 0.3) is 6.08 Å². The van der Waals surface area contributed by atoms with E-state index in [0.29, 0.717) is 42.2 Å². The molecule has 3 nitrogen and oxygen atoms in total. The van der Waals surface area contributed by atoms with Gasteiger partial charge < -0.3 is 14.8 Å². The van der Waals surface area contributed by atoms with Gasteiger partial charge in [-0.3, -0.25) is 0 Å². The second-order valence-corrected chi connectivity index (χ2v) is 8.25. The van der Waals surface area contributed by atoms with Crippen LogP contribution in [-0.4, -0.2) is 32.9 Å². The maximum absolute atomic E-state index is 13.8. The SMILES string of the molecule is Fc1cccc(C2(CNCC3=Cc4cc(Cl)cc(Cl)c4OC3)CCOCC2)c1. The molecule has 0 amide bonds. The van der Waals surface area contributed by atoms with Gasteiger partial charge in [0, 0.05) is 42.3 Å². The van der Waals surface area contributed by atoms with Crippen molar-refractivity contribution >= 4 is 29.3 Å². The molecule has 1 fully saturated rings. The third kappa shape index (κ3) is 4.20. The summed E-state index contributed by atoms with van der Waals surface area (Å²) >= 11 is 12.3. The van der Waals surface area contributed by atoms with Crippen LogP contribution in [0.4, 0.5) is 4.39 Å². The largest absolute Gasteiger partial charge is 0.487 e. The third-order valence-electron chi connectivity index (χ3n) is 5.50. The molecule has 0 saturated carbocycles. The second kappa shape index (κ2) is 8.42. The highest BCUT2D eigenvalue weighted by Crippen LogP contribution is 2.37. The van der Waals surface area contributed by atoms with Crippen LogP contribution in [0.3, 0.4) is 0 Å². The first-order valence-electron chi connectivity index (χ1n) is 9.42. The first kappa shape index (κ1) is 19.7. The van der Waals surface area contributed by atoms with Crippen molar-refractivity contribution in [2.45, 2.75) is 18.3 Å². The van der Waals surface area contributed by atoms with E-state index in [4.69, 9.17) is 32.7 Å². The van der Waals surface area contributed by atoms with Crippen LogP contribution >= 0.6 is 23.2 Å².